The van der Waals surface area contributed by atoms with Crippen molar-refractivity contribution in [2.45, 2.75) is 32.6 Å². The second-order valence-electron chi connectivity index (χ2n) is 3.96. The number of nitriles is 1. The summed E-state index contributed by atoms with van der Waals surface area (Å²) in [6.07, 6.45) is 5.02. The summed E-state index contributed by atoms with van der Waals surface area (Å²) in [4.78, 5) is 0. The van der Waals surface area contributed by atoms with Crippen LogP contribution in [-0.2, 0) is 0 Å². The third-order valence-electron chi connectivity index (χ3n) is 2.50. The van der Waals surface area contributed by atoms with Gasteiger partial charge in [0.2, 0.25) is 0 Å². The first-order valence-corrected chi connectivity index (χ1v) is 6.20. The summed E-state index contributed by atoms with van der Waals surface area (Å²) in [5.74, 6) is 0.741. The lowest BCUT2D eigenvalue weighted by molar-refractivity contribution is 0.368. The molecule has 0 heterocycles. The number of unbranched alkanes of at least 4 members (excludes halogenated alkanes) is 3. The molecule has 3 nitrogen and oxygen atoms in total. The summed E-state index contributed by atoms with van der Waals surface area (Å²) in [5, 5.41) is 11.8. The van der Waals surface area contributed by atoms with E-state index in [1.54, 1.807) is 0 Å². The van der Waals surface area contributed by atoms with Gasteiger partial charge in [0.25, 0.3) is 0 Å². The molecule has 1 aromatic rings. The van der Waals surface area contributed by atoms with Crippen molar-refractivity contribution >= 4 is 5.69 Å². The minimum atomic E-state index is 0.0972. The molecular formula is C14H20N2O. The van der Waals surface area contributed by atoms with E-state index in [4.69, 9.17) is 10.00 Å². The Morgan fingerprint density at radius 1 is 1.29 bits per heavy atom. The highest BCUT2D eigenvalue weighted by Gasteiger charge is 1.96. The molecule has 0 aliphatic rings. The summed E-state index contributed by atoms with van der Waals surface area (Å²) in [5.41, 5.74) is 1.05. The average molecular weight is 232 g/mol. The van der Waals surface area contributed by atoms with E-state index < -0.39 is 0 Å². The van der Waals surface area contributed by atoms with E-state index in [0.29, 0.717) is 0 Å². The molecule has 0 aliphatic carbocycles. The van der Waals surface area contributed by atoms with E-state index in [2.05, 4.69) is 12.2 Å². The summed E-state index contributed by atoms with van der Waals surface area (Å²) in [6, 6.07) is 9.69. The first kappa shape index (κ1) is 13.4. The van der Waals surface area contributed by atoms with E-state index >= 15 is 0 Å². The highest BCUT2D eigenvalue weighted by Crippen LogP contribution is 2.17. The molecule has 17 heavy (non-hydrogen) atoms. The van der Waals surface area contributed by atoms with Crippen LogP contribution >= 0.6 is 0 Å². The molecule has 0 saturated heterocycles. The maximum atomic E-state index is 8.43. The van der Waals surface area contributed by atoms with E-state index in [1.165, 1.54) is 25.7 Å². The monoisotopic (exact) mass is 232 g/mol. The number of anilines is 1. The Balaban J connectivity index is 2.30. The smallest absolute Gasteiger partial charge is 0.174 e. The molecule has 1 rings (SSSR count). The third-order valence-corrected chi connectivity index (χ3v) is 2.50. The van der Waals surface area contributed by atoms with E-state index in [0.717, 1.165) is 18.0 Å². The van der Waals surface area contributed by atoms with Crippen LogP contribution in [0.5, 0.6) is 5.75 Å². The van der Waals surface area contributed by atoms with Gasteiger partial charge in [-0.2, -0.15) is 5.26 Å². The molecule has 0 atom stereocenters. The number of ether oxygens (including phenoxy) is 1. The topological polar surface area (TPSA) is 45.0 Å². The van der Waals surface area contributed by atoms with Crippen molar-refractivity contribution < 1.29 is 4.74 Å². The second kappa shape index (κ2) is 8.46. The highest BCUT2D eigenvalue weighted by molar-refractivity contribution is 5.48. The number of rotatable bonds is 8. The van der Waals surface area contributed by atoms with Gasteiger partial charge in [-0.15, -0.1) is 0 Å². The van der Waals surface area contributed by atoms with Gasteiger partial charge in [-0.1, -0.05) is 32.3 Å². The molecule has 1 N–H and O–H groups in total. The van der Waals surface area contributed by atoms with Crippen LogP contribution in [-0.4, -0.2) is 13.2 Å². The largest absolute Gasteiger partial charge is 0.479 e. The van der Waals surface area contributed by atoms with Gasteiger partial charge in [-0.05, 0) is 18.6 Å². The van der Waals surface area contributed by atoms with Crippen LogP contribution in [0.1, 0.15) is 32.6 Å². The molecule has 0 saturated carbocycles. The van der Waals surface area contributed by atoms with E-state index in [1.807, 2.05) is 30.3 Å². The molecule has 0 aromatic heterocycles. The number of nitrogens with one attached hydrogen (secondary N) is 1. The Labute approximate surface area is 103 Å². The first-order valence-electron chi connectivity index (χ1n) is 6.20. The molecule has 0 amide bonds. The van der Waals surface area contributed by atoms with Gasteiger partial charge in [0, 0.05) is 18.3 Å². The van der Waals surface area contributed by atoms with Crippen molar-refractivity contribution in [2.75, 3.05) is 18.5 Å². The normalized spacial score (nSPS) is 9.65. The Morgan fingerprint density at radius 3 is 2.94 bits per heavy atom. The molecule has 1 aromatic carbocycles. The molecule has 0 aliphatic heterocycles. The Morgan fingerprint density at radius 2 is 2.18 bits per heavy atom. The van der Waals surface area contributed by atoms with Crippen molar-refractivity contribution in [1.82, 2.24) is 0 Å². The SMILES string of the molecule is CCCCCCNc1cccc(OCC#N)c1. The number of hydrogen-bond donors (Lipinski definition) is 1. The zero-order valence-corrected chi connectivity index (χ0v) is 10.4. The predicted molar refractivity (Wildman–Crippen MR) is 70.2 cm³/mol. The molecule has 0 unspecified atom stereocenters. The fourth-order valence-corrected chi connectivity index (χ4v) is 1.60. The van der Waals surface area contributed by atoms with Gasteiger partial charge >= 0.3 is 0 Å². The van der Waals surface area contributed by atoms with Crippen molar-refractivity contribution in [3.8, 4) is 11.8 Å². The van der Waals surface area contributed by atoms with Crippen LogP contribution in [0.2, 0.25) is 0 Å². The van der Waals surface area contributed by atoms with Crippen LogP contribution in [0.25, 0.3) is 0 Å². The maximum Gasteiger partial charge on any atom is 0.174 e. The quantitative estimate of drug-likeness (QED) is 0.697. The Hall–Kier alpha value is -1.69. The van der Waals surface area contributed by atoms with Crippen LogP contribution < -0.4 is 10.1 Å². The maximum absolute atomic E-state index is 8.43. The highest BCUT2D eigenvalue weighted by atomic mass is 16.5. The fraction of sp³-hybridized carbons (Fsp3) is 0.500. The number of benzene rings is 1. The van der Waals surface area contributed by atoms with Gasteiger partial charge in [0.05, 0.1) is 0 Å². The lowest BCUT2D eigenvalue weighted by Crippen LogP contribution is -2.01. The summed E-state index contributed by atoms with van der Waals surface area (Å²) in [6.45, 7) is 3.30. The molecular weight excluding hydrogens is 212 g/mol. The summed E-state index contributed by atoms with van der Waals surface area (Å²) >= 11 is 0. The molecule has 92 valence electrons. The fourth-order valence-electron chi connectivity index (χ4n) is 1.60. The van der Waals surface area contributed by atoms with Crippen LogP contribution in [0.4, 0.5) is 5.69 Å². The van der Waals surface area contributed by atoms with Crippen molar-refractivity contribution in [3.05, 3.63) is 24.3 Å². The standard InChI is InChI=1S/C14H20N2O/c1-2-3-4-5-10-16-13-7-6-8-14(12-13)17-11-9-15/h6-8,12,16H,2-5,10-11H2,1H3. The van der Waals surface area contributed by atoms with E-state index in [9.17, 15) is 0 Å². The van der Waals surface area contributed by atoms with Gasteiger partial charge in [0.1, 0.15) is 11.8 Å². The van der Waals surface area contributed by atoms with Gasteiger partial charge < -0.3 is 10.1 Å². The summed E-state index contributed by atoms with van der Waals surface area (Å²) in [7, 11) is 0. The molecule has 0 bridgehead atoms. The van der Waals surface area contributed by atoms with Gasteiger partial charge in [-0.25, -0.2) is 0 Å². The van der Waals surface area contributed by atoms with Gasteiger partial charge in [-0.3, -0.25) is 0 Å². The Kier molecular flexibility index (Phi) is 6.66. The minimum absolute atomic E-state index is 0.0972. The van der Waals surface area contributed by atoms with Crippen LogP contribution in [0, 0.1) is 11.3 Å². The lowest BCUT2D eigenvalue weighted by atomic mass is 10.2. The van der Waals surface area contributed by atoms with Crippen molar-refractivity contribution in [3.63, 3.8) is 0 Å². The van der Waals surface area contributed by atoms with Crippen LogP contribution in [0.15, 0.2) is 24.3 Å². The molecule has 0 radical (unpaired) electrons. The summed E-state index contributed by atoms with van der Waals surface area (Å²) < 4.78 is 5.24. The average Bonchev–Trinajstić information content (AvgIpc) is 2.37. The third kappa shape index (κ3) is 5.82. The zero-order chi connectivity index (χ0) is 12.3. The lowest BCUT2D eigenvalue weighted by Gasteiger charge is -2.08. The van der Waals surface area contributed by atoms with Crippen molar-refractivity contribution in [1.29, 1.82) is 5.26 Å². The minimum Gasteiger partial charge on any atom is -0.479 e. The van der Waals surface area contributed by atoms with E-state index in [-0.39, 0.29) is 6.61 Å². The number of hydrogen-bond acceptors (Lipinski definition) is 3. The zero-order valence-electron chi connectivity index (χ0n) is 10.4. The Bertz CT molecular complexity index is 357. The van der Waals surface area contributed by atoms with Crippen molar-refractivity contribution in [2.24, 2.45) is 0 Å². The number of nitrogens with zero attached hydrogens (tertiary/aromatic N) is 1. The molecule has 0 fully saturated rings. The first-order chi connectivity index (χ1) is 8.36. The van der Waals surface area contributed by atoms with Gasteiger partial charge in [0.15, 0.2) is 6.61 Å². The second-order valence-corrected chi connectivity index (χ2v) is 3.96. The molecule has 0 spiro atoms. The predicted octanol–water partition coefficient (Wildman–Crippen LogP) is 3.58. The van der Waals surface area contributed by atoms with Crippen LogP contribution in [0.3, 0.4) is 0 Å². The molecule has 3 heteroatoms.